The summed E-state index contributed by atoms with van der Waals surface area (Å²) in [6.45, 7) is 0.969. The molecule has 44 heavy (non-hydrogen) atoms. The highest BCUT2D eigenvalue weighted by Gasteiger charge is 2.47. The first-order valence-electron chi connectivity index (χ1n) is 13.3. The van der Waals surface area contributed by atoms with E-state index >= 15 is 0 Å². The quantitative estimate of drug-likeness (QED) is 0.154. The summed E-state index contributed by atoms with van der Waals surface area (Å²) in [5.41, 5.74) is -1.12. The summed E-state index contributed by atoms with van der Waals surface area (Å²) in [5.74, 6) is -2.46. The van der Waals surface area contributed by atoms with Crippen LogP contribution in [-0.2, 0) is 14.2 Å². The van der Waals surface area contributed by atoms with E-state index in [-0.39, 0.29) is 39.5 Å². The molecule has 2 aromatic carbocycles. The molecule has 16 nitrogen and oxygen atoms in total. The van der Waals surface area contributed by atoms with E-state index in [4.69, 9.17) is 32.8 Å². The molecule has 3 heterocycles. The van der Waals surface area contributed by atoms with E-state index in [1.807, 2.05) is 0 Å². The summed E-state index contributed by atoms with van der Waals surface area (Å²) in [6, 6.07) is 4.56. The number of hydrogen-bond donors (Lipinski definition) is 8. The number of rotatable bonds is 8. The molecule has 5 rings (SSSR count). The van der Waals surface area contributed by atoms with Crippen molar-refractivity contribution in [3.8, 4) is 45.8 Å². The molecule has 9 atom stereocenters. The molecule has 2 aliphatic heterocycles. The Labute approximate surface area is 248 Å². The van der Waals surface area contributed by atoms with Gasteiger partial charge in [0.05, 0.1) is 26.9 Å². The van der Waals surface area contributed by atoms with E-state index in [2.05, 4.69) is 0 Å². The summed E-state index contributed by atoms with van der Waals surface area (Å²) >= 11 is 0. The number of aromatic hydroxyl groups is 3. The SMILES string of the molecule is COc1cc(-c2oc3cc(O)cc(O)c3c(=O)c2O[C@@H]2O[C@@H](CO[C@@H]3OC(C)[C@H](O)C(O)[C@@H]3O)C(O)[C@@H]2O)cc(OC)c1O. The number of methoxy groups -OCH3 is 2. The van der Waals surface area contributed by atoms with Gasteiger partial charge in [-0.2, -0.15) is 0 Å². The number of ether oxygens (including phenoxy) is 6. The van der Waals surface area contributed by atoms with Gasteiger partial charge < -0.3 is 73.7 Å². The van der Waals surface area contributed by atoms with Gasteiger partial charge in [0, 0.05) is 17.7 Å². The smallest absolute Gasteiger partial charge is 0.239 e. The summed E-state index contributed by atoms with van der Waals surface area (Å²) in [7, 11) is 2.55. The summed E-state index contributed by atoms with van der Waals surface area (Å²) in [6.07, 6.45) is -13.3. The van der Waals surface area contributed by atoms with Crippen molar-refractivity contribution in [2.24, 2.45) is 0 Å². The number of aliphatic hydroxyl groups is 5. The lowest BCUT2D eigenvalue weighted by atomic mass is 10.00. The fourth-order valence-corrected chi connectivity index (χ4v) is 5.00. The third-order valence-corrected chi connectivity index (χ3v) is 7.45. The van der Waals surface area contributed by atoms with Crippen molar-refractivity contribution in [1.82, 2.24) is 0 Å². The topological polar surface area (TPSA) is 247 Å². The number of phenols is 3. The largest absolute Gasteiger partial charge is 0.508 e. The van der Waals surface area contributed by atoms with Crippen LogP contribution in [0.4, 0.5) is 0 Å². The molecule has 8 N–H and O–H groups in total. The van der Waals surface area contributed by atoms with Crippen LogP contribution in [0.2, 0.25) is 0 Å². The second-order valence-electron chi connectivity index (χ2n) is 10.3. The first kappa shape index (κ1) is 31.6. The Morgan fingerprint density at radius 3 is 2.07 bits per heavy atom. The second kappa shape index (κ2) is 12.3. The average Bonchev–Trinajstić information content (AvgIpc) is 3.25. The Morgan fingerprint density at radius 2 is 1.43 bits per heavy atom. The van der Waals surface area contributed by atoms with Crippen LogP contribution in [-0.4, -0.2) is 117 Å². The zero-order valence-electron chi connectivity index (χ0n) is 23.6. The van der Waals surface area contributed by atoms with Crippen LogP contribution in [0.1, 0.15) is 6.92 Å². The molecule has 0 spiro atoms. The lowest BCUT2D eigenvalue weighted by Gasteiger charge is -2.39. The van der Waals surface area contributed by atoms with Crippen molar-refractivity contribution in [2.45, 2.75) is 62.2 Å². The maximum atomic E-state index is 13.7. The zero-order chi connectivity index (χ0) is 32.0. The molecule has 2 saturated heterocycles. The fourth-order valence-electron chi connectivity index (χ4n) is 5.00. The molecule has 2 aliphatic rings. The predicted molar refractivity (Wildman–Crippen MR) is 146 cm³/mol. The minimum absolute atomic E-state index is 0.0690. The normalized spacial score (nSPS) is 30.4. The van der Waals surface area contributed by atoms with Crippen molar-refractivity contribution < 1.29 is 73.7 Å². The van der Waals surface area contributed by atoms with Gasteiger partial charge >= 0.3 is 0 Å². The molecule has 0 radical (unpaired) electrons. The summed E-state index contributed by atoms with van der Waals surface area (Å²) < 4.78 is 38.5. The monoisotopic (exact) mass is 624 g/mol. The lowest BCUT2D eigenvalue weighted by Crippen LogP contribution is -2.57. The highest BCUT2D eigenvalue weighted by molar-refractivity contribution is 5.88. The molecule has 0 aliphatic carbocycles. The lowest BCUT2D eigenvalue weighted by molar-refractivity contribution is -0.299. The molecule has 3 aromatic rings. The third-order valence-electron chi connectivity index (χ3n) is 7.45. The number of fused-ring (bicyclic) bond motifs is 1. The number of phenolic OH excluding ortho intramolecular Hbond substituents is 3. The third kappa shape index (κ3) is 5.57. The van der Waals surface area contributed by atoms with Crippen molar-refractivity contribution in [3.05, 3.63) is 34.5 Å². The maximum Gasteiger partial charge on any atom is 0.239 e. The first-order valence-corrected chi connectivity index (χ1v) is 13.3. The van der Waals surface area contributed by atoms with E-state index in [1.165, 1.54) is 33.3 Å². The van der Waals surface area contributed by atoms with E-state index in [0.29, 0.717) is 0 Å². The highest BCUT2D eigenvalue weighted by Crippen LogP contribution is 2.44. The average molecular weight is 625 g/mol. The maximum absolute atomic E-state index is 13.7. The van der Waals surface area contributed by atoms with Gasteiger partial charge in [-0.15, -0.1) is 0 Å². The van der Waals surface area contributed by atoms with E-state index in [1.54, 1.807) is 0 Å². The molecule has 16 heteroatoms. The van der Waals surface area contributed by atoms with Gasteiger partial charge in [-0.1, -0.05) is 0 Å². The predicted octanol–water partition coefficient (Wildman–Crippen LogP) is -0.736. The molecular formula is C28H32O16. The van der Waals surface area contributed by atoms with Crippen LogP contribution in [0.15, 0.2) is 33.5 Å². The minimum Gasteiger partial charge on any atom is -0.508 e. The van der Waals surface area contributed by atoms with Crippen LogP contribution in [0, 0.1) is 0 Å². The molecule has 240 valence electrons. The Hall–Kier alpha value is -3.87. The van der Waals surface area contributed by atoms with Crippen LogP contribution in [0.3, 0.4) is 0 Å². The molecule has 3 unspecified atom stereocenters. The molecule has 0 saturated carbocycles. The number of hydrogen-bond acceptors (Lipinski definition) is 16. The van der Waals surface area contributed by atoms with Crippen LogP contribution >= 0.6 is 0 Å². The molecule has 1 aromatic heterocycles. The summed E-state index contributed by atoms with van der Waals surface area (Å²) in [5, 5.41) is 81.9. The Kier molecular flexibility index (Phi) is 8.79. The van der Waals surface area contributed by atoms with Crippen molar-refractivity contribution >= 4 is 11.0 Å². The van der Waals surface area contributed by atoms with Crippen LogP contribution < -0.4 is 19.6 Å². The minimum atomic E-state index is -1.76. The van der Waals surface area contributed by atoms with Crippen molar-refractivity contribution in [1.29, 1.82) is 0 Å². The van der Waals surface area contributed by atoms with E-state index < -0.39 is 84.6 Å². The van der Waals surface area contributed by atoms with Crippen molar-refractivity contribution in [2.75, 3.05) is 20.8 Å². The second-order valence-corrected chi connectivity index (χ2v) is 10.3. The van der Waals surface area contributed by atoms with Gasteiger partial charge in [0.2, 0.25) is 23.2 Å². The standard InChI is InChI=1S/C28H32O16/c1-9-18(31)22(35)24(37)27(41-9)40-8-16-20(33)23(36)28(43-16)44-26-21(34)17-12(30)6-11(29)7-13(17)42-25(26)10-4-14(38-2)19(32)15(5-10)39-3/h4-7,9,16,18,20,22-24,27-33,35-37H,8H2,1-3H3/t9?,16-,18-,20?,22?,23-,24-,27+,28-/m0/s1. The van der Waals surface area contributed by atoms with E-state index in [9.17, 15) is 45.6 Å². The highest BCUT2D eigenvalue weighted by atomic mass is 16.7. The molecule has 0 bridgehead atoms. The van der Waals surface area contributed by atoms with Crippen LogP contribution in [0.25, 0.3) is 22.3 Å². The first-order chi connectivity index (χ1) is 20.9. The van der Waals surface area contributed by atoms with Gasteiger partial charge in [-0.05, 0) is 19.1 Å². The Bertz CT molecular complexity index is 1550. The number of benzene rings is 2. The summed E-state index contributed by atoms with van der Waals surface area (Å²) in [4.78, 5) is 13.7. The fraction of sp³-hybridized carbons (Fsp3) is 0.464. The van der Waals surface area contributed by atoms with Crippen molar-refractivity contribution in [3.63, 3.8) is 0 Å². The molecular weight excluding hydrogens is 592 g/mol. The Balaban J connectivity index is 1.49. The van der Waals surface area contributed by atoms with Gasteiger partial charge in [-0.3, -0.25) is 4.79 Å². The van der Waals surface area contributed by atoms with Gasteiger partial charge in [0.15, 0.2) is 23.5 Å². The van der Waals surface area contributed by atoms with E-state index in [0.717, 1.165) is 12.1 Å². The van der Waals surface area contributed by atoms with Gasteiger partial charge in [0.25, 0.3) is 0 Å². The van der Waals surface area contributed by atoms with Gasteiger partial charge in [0.1, 0.15) is 59.1 Å². The number of aliphatic hydroxyl groups excluding tert-OH is 5. The molecule has 2 fully saturated rings. The zero-order valence-corrected chi connectivity index (χ0v) is 23.6. The van der Waals surface area contributed by atoms with Crippen LogP contribution in [0.5, 0.6) is 34.5 Å². The van der Waals surface area contributed by atoms with Gasteiger partial charge in [-0.25, -0.2) is 0 Å². The Morgan fingerprint density at radius 1 is 0.795 bits per heavy atom. The molecule has 0 amide bonds.